The Morgan fingerprint density at radius 2 is 1.97 bits per heavy atom. The Bertz CT molecular complexity index is 1150. The first-order valence-electron chi connectivity index (χ1n) is 9.83. The number of rotatable bonds is 5. The zero-order valence-corrected chi connectivity index (χ0v) is 18.6. The van der Waals surface area contributed by atoms with E-state index in [1.54, 1.807) is 11.9 Å². The maximum atomic E-state index is 12.4. The number of carbonyl (C=O) groups excluding carboxylic acids is 2. The zero-order valence-electron chi connectivity index (χ0n) is 17.8. The van der Waals surface area contributed by atoms with E-state index in [0.29, 0.717) is 16.6 Å². The van der Waals surface area contributed by atoms with Gasteiger partial charge in [-0.1, -0.05) is 18.2 Å². The molecule has 3 aromatic rings. The van der Waals surface area contributed by atoms with Gasteiger partial charge in [0.05, 0.1) is 11.4 Å². The van der Waals surface area contributed by atoms with Gasteiger partial charge in [0.15, 0.2) is 18.3 Å². The SMILES string of the molecule is Cc1cccc(C)c1OCC(=O)Nc1nc(-c2ccc3c(c2)N(C)C(=O)CO3)c(C)s1. The highest BCUT2D eigenvalue weighted by molar-refractivity contribution is 7.16. The lowest BCUT2D eigenvalue weighted by atomic mass is 10.1. The van der Waals surface area contributed by atoms with Crippen molar-refractivity contribution in [3.8, 4) is 22.8 Å². The number of nitrogens with zero attached hydrogens (tertiary/aromatic N) is 2. The van der Waals surface area contributed by atoms with E-state index in [2.05, 4.69) is 10.3 Å². The van der Waals surface area contributed by atoms with Gasteiger partial charge in [0, 0.05) is 17.5 Å². The van der Waals surface area contributed by atoms with Crippen LogP contribution in [0.3, 0.4) is 0 Å². The molecule has 2 heterocycles. The average Bonchev–Trinajstić information content (AvgIpc) is 3.10. The standard InChI is InChI=1S/C23H23N3O4S/c1-13-6-5-7-14(2)22(13)30-11-19(27)24-23-25-21(15(3)31-23)16-8-9-18-17(10-16)26(4)20(28)12-29-18/h5-10H,11-12H2,1-4H3,(H,24,25,27). The number of thiazole rings is 1. The van der Waals surface area contributed by atoms with Crippen LogP contribution in [0.5, 0.6) is 11.5 Å². The fourth-order valence-electron chi connectivity index (χ4n) is 3.46. The lowest BCUT2D eigenvalue weighted by Crippen LogP contribution is -2.35. The van der Waals surface area contributed by atoms with Crippen LogP contribution in [0.25, 0.3) is 11.3 Å². The minimum atomic E-state index is -0.271. The predicted molar refractivity (Wildman–Crippen MR) is 121 cm³/mol. The summed E-state index contributed by atoms with van der Waals surface area (Å²) in [5, 5.41) is 3.32. The number of likely N-dealkylation sites (N-methyl/N-ethyl adjacent to an activating group) is 1. The van der Waals surface area contributed by atoms with E-state index in [1.807, 2.05) is 57.2 Å². The third-order valence-corrected chi connectivity index (χ3v) is 6.00. The molecule has 0 radical (unpaired) electrons. The van der Waals surface area contributed by atoms with Crippen LogP contribution in [0, 0.1) is 20.8 Å². The first kappa shape index (κ1) is 20.9. The van der Waals surface area contributed by atoms with Gasteiger partial charge < -0.3 is 14.4 Å². The van der Waals surface area contributed by atoms with Crippen molar-refractivity contribution in [1.82, 2.24) is 4.98 Å². The van der Waals surface area contributed by atoms with Crippen molar-refractivity contribution in [2.45, 2.75) is 20.8 Å². The molecule has 0 atom stereocenters. The number of hydrogen-bond acceptors (Lipinski definition) is 6. The summed E-state index contributed by atoms with van der Waals surface area (Å²) in [6.45, 7) is 5.79. The predicted octanol–water partition coefficient (Wildman–Crippen LogP) is 4.11. The monoisotopic (exact) mass is 437 g/mol. The van der Waals surface area contributed by atoms with Gasteiger partial charge in [0.1, 0.15) is 11.5 Å². The number of hydrogen-bond donors (Lipinski definition) is 1. The number of amides is 2. The zero-order chi connectivity index (χ0) is 22.1. The first-order valence-corrected chi connectivity index (χ1v) is 10.6. The van der Waals surface area contributed by atoms with Crippen LogP contribution in [0.15, 0.2) is 36.4 Å². The summed E-state index contributed by atoms with van der Waals surface area (Å²) in [5.74, 6) is 1.02. The number of aryl methyl sites for hydroxylation is 3. The molecule has 1 aliphatic heterocycles. The van der Waals surface area contributed by atoms with Crippen LogP contribution < -0.4 is 19.7 Å². The molecule has 2 aromatic carbocycles. The van der Waals surface area contributed by atoms with Crippen molar-refractivity contribution < 1.29 is 19.1 Å². The number of carbonyl (C=O) groups is 2. The molecule has 7 nitrogen and oxygen atoms in total. The second kappa shape index (κ2) is 8.39. The van der Waals surface area contributed by atoms with Gasteiger partial charge in [-0.15, -0.1) is 11.3 Å². The third-order valence-electron chi connectivity index (χ3n) is 5.12. The van der Waals surface area contributed by atoms with Gasteiger partial charge in [0.25, 0.3) is 11.8 Å². The van der Waals surface area contributed by atoms with E-state index >= 15 is 0 Å². The van der Waals surface area contributed by atoms with Gasteiger partial charge in [-0.2, -0.15) is 0 Å². The van der Waals surface area contributed by atoms with Crippen LogP contribution in [0.2, 0.25) is 0 Å². The molecule has 160 valence electrons. The Hall–Kier alpha value is -3.39. The largest absolute Gasteiger partial charge is 0.483 e. The second-order valence-corrected chi connectivity index (χ2v) is 8.61. The van der Waals surface area contributed by atoms with Crippen molar-refractivity contribution >= 4 is 34.0 Å². The fourth-order valence-corrected chi connectivity index (χ4v) is 4.31. The summed E-state index contributed by atoms with van der Waals surface area (Å²) in [6.07, 6.45) is 0. The number of aromatic nitrogens is 1. The Kier molecular flexibility index (Phi) is 5.65. The number of anilines is 2. The summed E-state index contributed by atoms with van der Waals surface area (Å²) in [6, 6.07) is 11.5. The molecule has 1 N–H and O–H groups in total. The van der Waals surface area contributed by atoms with Gasteiger partial charge in [-0.25, -0.2) is 4.98 Å². The molecule has 4 rings (SSSR count). The number of ether oxygens (including phenoxy) is 2. The highest BCUT2D eigenvalue weighted by Gasteiger charge is 2.23. The highest BCUT2D eigenvalue weighted by Crippen LogP contribution is 2.37. The molecule has 0 saturated carbocycles. The summed E-state index contributed by atoms with van der Waals surface area (Å²) < 4.78 is 11.2. The van der Waals surface area contributed by atoms with Crippen molar-refractivity contribution in [3.63, 3.8) is 0 Å². The fraction of sp³-hybridized carbons (Fsp3) is 0.261. The Morgan fingerprint density at radius 1 is 1.23 bits per heavy atom. The summed E-state index contributed by atoms with van der Waals surface area (Å²) in [7, 11) is 1.73. The summed E-state index contributed by atoms with van der Waals surface area (Å²) in [4.78, 5) is 31.5. The van der Waals surface area contributed by atoms with Crippen molar-refractivity contribution in [2.24, 2.45) is 0 Å². The normalized spacial score (nSPS) is 12.9. The summed E-state index contributed by atoms with van der Waals surface area (Å²) >= 11 is 1.39. The van der Waals surface area contributed by atoms with Crippen LogP contribution in [-0.2, 0) is 9.59 Å². The minimum Gasteiger partial charge on any atom is -0.483 e. The molecule has 31 heavy (non-hydrogen) atoms. The van der Waals surface area contributed by atoms with E-state index in [1.165, 1.54) is 11.3 Å². The van der Waals surface area contributed by atoms with Gasteiger partial charge in [0.2, 0.25) is 0 Å². The molecule has 0 bridgehead atoms. The van der Waals surface area contributed by atoms with Crippen molar-refractivity contribution in [2.75, 3.05) is 30.5 Å². The lowest BCUT2D eigenvalue weighted by molar-refractivity contribution is -0.121. The number of benzene rings is 2. The average molecular weight is 438 g/mol. The van der Waals surface area contributed by atoms with E-state index in [-0.39, 0.29) is 25.0 Å². The van der Waals surface area contributed by atoms with E-state index in [4.69, 9.17) is 9.47 Å². The highest BCUT2D eigenvalue weighted by atomic mass is 32.1. The molecule has 1 aliphatic rings. The molecule has 0 unspecified atom stereocenters. The minimum absolute atomic E-state index is 0.0405. The maximum Gasteiger partial charge on any atom is 0.264 e. The summed E-state index contributed by atoms with van der Waals surface area (Å²) in [5.41, 5.74) is 4.28. The third kappa shape index (κ3) is 4.25. The van der Waals surface area contributed by atoms with Gasteiger partial charge in [-0.05, 0) is 50.1 Å². The molecular weight excluding hydrogens is 414 g/mol. The van der Waals surface area contributed by atoms with E-state index in [0.717, 1.165) is 33.0 Å². The van der Waals surface area contributed by atoms with Gasteiger partial charge >= 0.3 is 0 Å². The Morgan fingerprint density at radius 3 is 2.71 bits per heavy atom. The molecule has 0 fully saturated rings. The van der Waals surface area contributed by atoms with E-state index < -0.39 is 0 Å². The number of fused-ring (bicyclic) bond motifs is 1. The number of nitrogens with one attached hydrogen (secondary N) is 1. The molecule has 2 amide bonds. The smallest absolute Gasteiger partial charge is 0.264 e. The molecular formula is C23H23N3O4S. The van der Waals surface area contributed by atoms with Gasteiger partial charge in [-0.3, -0.25) is 14.9 Å². The van der Waals surface area contributed by atoms with Crippen LogP contribution >= 0.6 is 11.3 Å². The first-order chi connectivity index (χ1) is 14.8. The Labute approximate surface area is 184 Å². The molecule has 0 saturated heterocycles. The van der Waals surface area contributed by atoms with Crippen molar-refractivity contribution in [3.05, 3.63) is 52.4 Å². The molecule has 1 aromatic heterocycles. The lowest BCUT2D eigenvalue weighted by Gasteiger charge is -2.26. The molecule has 0 aliphatic carbocycles. The van der Waals surface area contributed by atoms with Crippen LogP contribution in [0.4, 0.5) is 10.8 Å². The van der Waals surface area contributed by atoms with E-state index in [9.17, 15) is 9.59 Å². The second-order valence-electron chi connectivity index (χ2n) is 7.41. The maximum absolute atomic E-state index is 12.4. The topological polar surface area (TPSA) is 80.8 Å². The van der Waals surface area contributed by atoms with Crippen LogP contribution in [0.1, 0.15) is 16.0 Å². The Balaban J connectivity index is 1.48. The van der Waals surface area contributed by atoms with Crippen molar-refractivity contribution in [1.29, 1.82) is 0 Å². The molecule has 8 heteroatoms. The quantitative estimate of drug-likeness (QED) is 0.650. The number of para-hydroxylation sites is 1. The van der Waals surface area contributed by atoms with Crippen LogP contribution in [-0.4, -0.2) is 37.1 Å². The molecule has 0 spiro atoms.